The van der Waals surface area contributed by atoms with E-state index in [0.29, 0.717) is 24.4 Å². The van der Waals surface area contributed by atoms with Gasteiger partial charge in [-0.3, -0.25) is 4.90 Å². The highest BCUT2D eigenvalue weighted by Gasteiger charge is 2.31. The number of carbonyl (C=O) groups excluding carboxylic acids is 2. The summed E-state index contributed by atoms with van der Waals surface area (Å²) in [6, 6.07) is 11.7. The monoisotopic (exact) mass is 647 g/mol. The lowest BCUT2D eigenvalue weighted by Crippen LogP contribution is -2.42. The van der Waals surface area contributed by atoms with Crippen LogP contribution in [-0.2, 0) is 16.0 Å². The molecular formula is C34H45N7O4S. The third-order valence-electron chi connectivity index (χ3n) is 7.40. The number of para-hydroxylation sites is 1. The molecule has 0 atom stereocenters. The molecule has 4 aromatic rings. The average Bonchev–Trinajstić information content (AvgIpc) is 3.65. The Bertz CT molecular complexity index is 1660. The van der Waals surface area contributed by atoms with Gasteiger partial charge < -0.3 is 14.4 Å². The normalized spacial score (nSPS) is 14.6. The summed E-state index contributed by atoms with van der Waals surface area (Å²) in [6.07, 6.45) is 6.28. The van der Waals surface area contributed by atoms with Crippen molar-refractivity contribution in [2.24, 2.45) is 0 Å². The van der Waals surface area contributed by atoms with Crippen molar-refractivity contribution in [3.8, 4) is 5.69 Å². The first-order chi connectivity index (χ1) is 21.7. The minimum absolute atomic E-state index is 0.156. The molecule has 0 spiro atoms. The maximum atomic E-state index is 14.0. The number of thioether (sulfide) groups is 1. The van der Waals surface area contributed by atoms with E-state index in [-0.39, 0.29) is 23.8 Å². The van der Waals surface area contributed by atoms with Crippen LogP contribution in [0.5, 0.6) is 0 Å². The molecule has 5 rings (SSSR count). The number of carbonyl (C=O) groups is 2. The molecule has 46 heavy (non-hydrogen) atoms. The van der Waals surface area contributed by atoms with Crippen LogP contribution in [0.1, 0.15) is 85.4 Å². The number of hydrogen-bond acceptors (Lipinski definition) is 8. The molecule has 1 fully saturated rings. The first-order valence-corrected chi connectivity index (χ1v) is 16.7. The van der Waals surface area contributed by atoms with Gasteiger partial charge in [0, 0.05) is 30.7 Å². The molecule has 0 radical (unpaired) electrons. The number of benzene rings is 1. The highest BCUT2D eigenvalue weighted by Crippen LogP contribution is 2.35. The summed E-state index contributed by atoms with van der Waals surface area (Å²) in [6.45, 7) is 16.9. The number of nitrogens with zero attached hydrogens (tertiary/aromatic N) is 7. The van der Waals surface area contributed by atoms with Crippen molar-refractivity contribution in [2.75, 3.05) is 18.0 Å². The Balaban J connectivity index is 1.51. The second-order valence-corrected chi connectivity index (χ2v) is 15.2. The quantitative estimate of drug-likeness (QED) is 0.203. The average molecular weight is 648 g/mol. The van der Waals surface area contributed by atoms with Crippen molar-refractivity contribution < 1.29 is 19.1 Å². The number of ether oxygens (including phenoxy) is 2. The minimum Gasteiger partial charge on any atom is -0.444 e. The summed E-state index contributed by atoms with van der Waals surface area (Å²) in [5.41, 5.74) is 2.65. The van der Waals surface area contributed by atoms with Crippen molar-refractivity contribution in [3.05, 3.63) is 66.2 Å². The van der Waals surface area contributed by atoms with Crippen LogP contribution >= 0.6 is 11.8 Å². The van der Waals surface area contributed by atoms with Gasteiger partial charge in [-0.15, -0.1) is 11.8 Å². The van der Waals surface area contributed by atoms with Crippen molar-refractivity contribution in [3.63, 3.8) is 0 Å². The predicted octanol–water partition coefficient (Wildman–Crippen LogP) is 7.47. The largest absolute Gasteiger partial charge is 0.444 e. The number of likely N-dealkylation sites (tertiary alicyclic amines) is 1. The van der Waals surface area contributed by atoms with Crippen LogP contribution in [0.3, 0.4) is 0 Å². The molecule has 0 saturated carbocycles. The minimum atomic E-state index is -0.710. The Labute approximate surface area is 275 Å². The zero-order valence-corrected chi connectivity index (χ0v) is 28.9. The summed E-state index contributed by atoms with van der Waals surface area (Å²) >= 11 is 1.66. The maximum absolute atomic E-state index is 14.0. The van der Waals surface area contributed by atoms with E-state index in [1.165, 1.54) is 0 Å². The molecule has 1 aromatic carbocycles. The maximum Gasteiger partial charge on any atom is 0.415 e. The molecule has 4 heterocycles. The third-order valence-corrected chi connectivity index (χ3v) is 8.65. The van der Waals surface area contributed by atoms with Gasteiger partial charge in [0.25, 0.3) is 0 Å². The van der Waals surface area contributed by atoms with Crippen molar-refractivity contribution in [1.29, 1.82) is 0 Å². The molecule has 12 heteroatoms. The number of anilines is 1. The SMILES string of the molecule is CC(C)c1cnc2c(N(Cc3ccccc3-n3cccn3)C(=O)OC(C)(C)C)cc(SC3CCN(C(=O)OC(C)(C)C)CC3)nn12. The van der Waals surface area contributed by atoms with Gasteiger partial charge in [0.15, 0.2) is 5.65 Å². The molecule has 1 saturated heterocycles. The van der Waals surface area contributed by atoms with E-state index in [9.17, 15) is 9.59 Å². The second kappa shape index (κ2) is 13.4. The van der Waals surface area contributed by atoms with E-state index >= 15 is 0 Å². The number of piperidine rings is 1. The Kier molecular flexibility index (Phi) is 9.67. The highest BCUT2D eigenvalue weighted by atomic mass is 32.2. The molecular weight excluding hydrogens is 602 g/mol. The smallest absolute Gasteiger partial charge is 0.415 e. The summed E-state index contributed by atoms with van der Waals surface area (Å²) in [5.74, 6) is 0.156. The predicted molar refractivity (Wildman–Crippen MR) is 180 cm³/mol. The highest BCUT2D eigenvalue weighted by molar-refractivity contribution is 7.99. The third kappa shape index (κ3) is 8.01. The second-order valence-electron chi connectivity index (χ2n) is 13.9. The molecule has 0 N–H and O–H groups in total. The van der Waals surface area contributed by atoms with Crippen LogP contribution in [0.4, 0.5) is 15.3 Å². The Morgan fingerprint density at radius 2 is 1.72 bits per heavy atom. The zero-order valence-electron chi connectivity index (χ0n) is 28.1. The fourth-order valence-electron chi connectivity index (χ4n) is 5.27. The van der Waals surface area contributed by atoms with Crippen LogP contribution in [-0.4, -0.2) is 71.0 Å². The van der Waals surface area contributed by atoms with Crippen LogP contribution in [0.2, 0.25) is 0 Å². The summed E-state index contributed by atoms with van der Waals surface area (Å²) in [4.78, 5) is 34.9. The van der Waals surface area contributed by atoms with E-state index in [0.717, 1.165) is 34.8 Å². The lowest BCUT2D eigenvalue weighted by atomic mass is 10.1. The number of fused-ring (bicyclic) bond motifs is 1. The zero-order chi connectivity index (χ0) is 33.2. The standard InChI is InChI=1S/C34H45N7O4S/c1-23(2)28-21-35-30-27(20-29(37-41(28)30)46-25-14-18-38(19-15-25)31(42)44-33(3,4)5)39(32(43)45-34(6,7)8)22-24-12-9-10-13-26(24)40-17-11-16-36-40/h9-13,16-17,20-21,23,25H,14-15,18-19,22H2,1-8H3. The number of rotatable bonds is 7. The first-order valence-electron chi connectivity index (χ1n) is 15.8. The summed E-state index contributed by atoms with van der Waals surface area (Å²) in [7, 11) is 0. The fourth-order valence-corrected chi connectivity index (χ4v) is 6.36. The van der Waals surface area contributed by atoms with Gasteiger partial charge in [0.05, 0.1) is 29.8 Å². The van der Waals surface area contributed by atoms with Crippen molar-refractivity contribution >= 4 is 35.3 Å². The van der Waals surface area contributed by atoms with Crippen LogP contribution in [0, 0.1) is 0 Å². The molecule has 11 nitrogen and oxygen atoms in total. The van der Waals surface area contributed by atoms with E-state index < -0.39 is 17.3 Å². The molecule has 2 amide bonds. The lowest BCUT2D eigenvalue weighted by molar-refractivity contribution is 0.0219. The van der Waals surface area contributed by atoms with Gasteiger partial charge in [0.2, 0.25) is 0 Å². The van der Waals surface area contributed by atoms with Crippen LogP contribution in [0.25, 0.3) is 11.3 Å². The number of hydrogen-bond donors (Lipinski definition) is 0. The molecule has 0 aliphatic carbocycles. The number of amides is 2. The van der Waals surface area contributed by atoms with E-state index in [1.807, 2.05) is 94.8 Å². The van der Waals surface area contributed by atoms with Gasteiger partial charge in [-0.25, -0.2) is 23.8 Å². The first kappa shape index (κ1) is 33.3. The molecule has 1 aliphatic heterocycles. The van der Waals surface area contributed by atoms with E-state index in [1.54, 1.807) is 32.4 Å². The van der Waals surface area contributed by atoms with Gasteiger partial charge in [-0.2, -0.15) is 10.2 Å². The molecule has 3 aromatic heterocycles. The molecule has 0 bridgehead atoms. The Morgan fingerprint density at radius 1 is 1.02 bits per heavy atom. The fraction of sp³-hybridized carbons (Fsp3) is 0.500. The Morgan fingerprint density at radius 3 is 2.35 bits per heavy atom. The Hall–Kier alpha value is -4.06. The van der Waals surface area contributed by atoms with Gasteiger partial charge >= 0.3 is 12.2 Å². The molecule has 246 valence electrons. The van der Waals surface area contributed by atoms with Gasteiger partial charge in [-0.1, -0.05) is 32.0 Å². The van der Waals surface area contributed by atoms with Crippen LogP contribution in [0.15, 0.2) is 60.0 Å². The van der Waals surface area contributed by atoms with Gasteiger partial charge in [-0.05, 0) is 84.1 Å². The van der Waals surface area contributed by atoms with Crippen molar-refractivity contribution in [2.45, 2.75) is 102 Å². The summed E-state index contributed by atoms with van der Waals surface area (Å²) in [5, 5.41) is 10.5. The van der Waals surface area contributed by atoms with Crippen molar-refractivity contribution in [1.82, 2.24) is 29.3 Å². The van der Waals surface area contributed by atoms with Crippen LogP contribution < -0.4 is 4.90 Å². The number of aromatic nitrogens is 5. The topological polar surface area (TPSA) is 107 Å². The summed E-state index contributed by atoms with van der Waals surface area (Å²) < 4.78 is 15.2. The van der Waals surface area contributed by atoms with E-state index in [4.69, 9.17) is 19.6 Å². The van der Waals surface area contributed by atoms with Gasteiger partial charge in [0.1, 0.15) is 16.2 Å². The molecule has 0 unspecified atom stereocenters. The molecule has 1 aliphatic rings. The van der Waals surface area contributed by atoms with E-state index in [2.05, 4.69) is 18.9 Å². The lowest BCUT2D eigenvalue weighted by Gasteiger charge is -2.33. The number of imidazole rings is 1.